The number of aliphatic carboxylic acids is 1. The maximum atomic E-state index is 10.3. The summed E-state index contributed by atoms with van der Waals surface area (Å²) in [5, 5.41) is 18.8. The van der Waals surface area contributed by atoms with E-state index in [1.165, 1.54) is 109 Å². The molecule has 50 heavy (non-hydrogen) atoms. The number of hydrogen-bond acceptors (Lipinski definition) is 4. The number of aliphatic hydroxyl groups is 1. The molecule has 12 atom stereocenters. The molecule has 0 radical (unpaired) electrons. The summed E-state index contributed by atoms with van der Waals surface area (Å²) in [7, 11) is 0. The Balaban J connectivity index is 0.000000190. The SMILES string of the molecule is CC1CCC2(OC1)OC1CC3C4CCC5CC(O)CCC5(C)C4=CCC3(C)C1C2C.O=C(O)CCCCCCCCCCCCC1C=CCC1. The molecule has 12 unspecified atom stereocenters. The maximum Gasteiger partial charge on any atom is 0.303 e. The van der Waals surface area contributed by atoms with E-state index in [4.69, 9.17) is 14.6 Å². The number of hydrogen-bond donors (Lipinski definition) is 2. The molecule has 2 N–H and O–H groups in total. The van der Waals surface area contributed by atoms with E-state index in [1.54, 1.807) is 5.57 Å². The molecule has 0 amide bonds. The highest BCUT2D eigenvalue weighted by Crippen LogP contribution is 2.69. The third-order valence-corrected chi connectivity index (χ3v) is 15.6. The molecule has 284 valence electrons. The Morgan fingerprint density at radius 1 is 0.880 bits per heavy atom. The van der Waals surface area contributed by atoms with Crippen LogP contribution in [0.1, 0.15) is 175 Å². The lowest BCUT2D eigenvalue weighted by Gasteiger charge is -2.57. The number of ether oxygens (including phenoxy) is 2. The van der Waals surface area contributed by atoms with E-state index < -0.39 is 5.97 Å². The van der Waals surface area contributed by atoms with Gasteiger partial charge in [-0.3, -0.25) is 4.79 Å². The van der Waals surface area contributed by atoms with Gasteiger partial charge in [-0.05, 0) is 123 Å². The number of carboxylic acids is 1. The van der Waals surface area contributed by atoms with Gasteiger partial charge in [0.15, 0.2) is 5.79 Å². The maximum absolute atomic E-state index is 10.3. The molecule has 2 saturated heterocycles. The van der Waals surface area contributed by atoms with Crippen LogP contribution < -0.4 is 0 Å². The molecule has 5 nitrogen and oxygen atoms in total. The molecule has 0 aromatic carbocycles. The molecule has 7 aliphatic rings. The van der Waals surface area contributed by atoms with Gasteiger partial charge in [-0.2, -0.15) is 0 Å². The Bertz CT molecular complexity index is 1170. The normalized spacial score (nSPS) is 43.0. The smallest absolute Gasteiger partial charge is 0.303 e. The molecule has 5 aliphatic carbocycles. The zero-order chi connectivity index (χ0) is 35.4. The Morgan fingerprint density at radius 3 is 2.26 bits per heavy atom. The minimum atomic E-state index is -0.655. The summed E-state index contributed by atoms with van der Waals surface area (Å²) in [4.78, 5) is 10.3. The van der Waals surface area contributed by atoms with E-state index >= 15 is 0 Å². The Labute approximate surface area is 305 Å². The molecule has 5 heteroatoms. The molecule has 2 heterocycles. The predicted octanol–water partition coefficient (Wildman–Crippen LogP) is 11.4. The van der Waals surface area contributed by atoms with Crippen LogP contribution in [0.25, 0.3) is 0 Å². The number of carbonyl (C=O) groups is 1. The monoisotopic (exact) mass is 695 g/mol. The van der Waals surface area contributed by atoms with Crippen LogP contribution in [0, 0.1) is 52.3 Å². The first kappa shape index (κ1) is 38.6. The van der Waals surface area contributed by atoms with Crippen LogP contribution >= 0.6 is 0 Å². The third kappa shape index (κ3) is 8.30. The van der Waals surface area contributed by atoms with E-state index in [9.17, 15) is 9.90 Å². The first-order valence-electron chi connectivity index (χ1n) is 21.6. The molecular formula is C45H74O5. The first-order chi connectivity index (χ1) is 24.1. The van der Waals surface area contributed by atoms with Crippen molar-refractivity contribution < 1.29 is 24.5 Å². The van der Waals surface area contributed by atoms with Crippen LogP contribution in [0.15, 0.2) is 23.8 Å². The second-order valence-corrected chi connectivity index (χ2v) is 18.9. The molecule has 2 aliphatic heterocycles. The fourth-order valence-electron chi connectivity index (χ4n) is 12.6. The number of carboxylic acid groups (broad SMARTS) is 1. The Kier molecular flexibility index (Phi) is 13.0. The van der Waals surface area contributed by atoms with Crippen LogP contribution in [-0.2, 0) is 14.3 Å². The van der Waals surface area contributed by atoms with Crippen molar-refractivity contribution in [2.45, 2.75) is 193 Å². The van der Waals surface area contributed by atoms with Gasteiger partial charge < -0.3 is 19.7 Å². The van der Waals surface area contributed by atoms with Crippen LogP contribution in [0.3, 0.4) is 0 Å². The summed E-state index contributed by atoms with van der Waals surface area (Å²) in [5.41, 5.74) is 2.46. The van der Waals surface area contributed by atoms with Crippen molar-refractivity contribution >= 4 is 5.97 Å². The molecule has 0 bridgehead atoms. The highest BCUT2D eigenvalue weighted by molar-refractivity contribution is 5.66. The van der Waals surface area contributed by atoms with Crippen molar-refractivity contribution in [3.63, 3.8) is 0 Å². The minimum Gasteiger partial charge on any atom is -0.481 e. The van der Waals surface area contributed by atoms with Crippen LogP contribution in [0.4, 0.5) is 0 Å². The number of fused-ring (bicyclic) bond motifs is 7. The highest BCUT2D eigenvalue weighted by Gasteiger charge is 2.67. The van der Waals surface area contributed by atoms with Crippen molar-refractivity contribution in [1.29, 1.82) is 0 Å². The summed E-state index contributed by atoms with van der Waals surface area (Å²) in [6, 6.07) is 0. The van der Waals surface area contributed by atoms with Gasteiger partial charge in [0, 0.05) is 18.8 Å². The van der Waals surface area contributed by atoms with Gasteiger partial charge in [0.25, 0.3) is 0 Å². The van der Waals surface area contributed by atoms with Crippen molar-refractivity contribution in [2.24, 2.45) is 52.3 Å². The average molecular weight is 695 g/mol. The number of unbranched alkanes of at least 4 members (excludes halogenated alkanes) is 9. The predicted molar refractivity (Wildman–Crippen MR) is 203 cm³/mol. The lowest BCUT2D eigenvalue weighted by atomic mass is 9.48. The second kappa shape index (κ2) is 16.9. The average Bonchev–Trinajstić information content (AvgIpc) is 3.78. The van der Waals surface area contributed by atoms with Gasteiger partial charge in [-0.1, -0.05) is 109 Å². The van der Waals surface area contributed by atoms with Crippen LogP contribution in [0.5, 0.6) is 0 Å². The van der Waals surface area contributed by atoms with E-state index in [0.29, 0.717) is 47.0 Å². The van der Waals surface area contributed by atoms with E-state index in [1.807, 2.05) is 0 Å². The van der Waals surface area contributed by atoms with E-state index in [-0.39, 0.29) is 11.9 Å². The zero-order valence-electron chi connectivity index (χ0n) is 32.5. The van der Waals surface area contributed by atoms with Gasteiger partial charge in [-0.25, -0.2) is 0 Å². The van der Waals surface area contributed by atoms with Gasteiger partial charge in [0.1, 0.15) is 0 Å². The van der Waals surface area contributed by atoms with Gasteiger partial charge >= 0.3 is 5.97 Å². The highest BCUT2D eigenvalue weighted by atomic mass is 16.7. The van der Waals surface area contributed by atoms with Crippen molar-refractivity contribution in [1.82, 2.24) is 0 Å². The lowest BCUT2D eigenvalue weighted by molar-refractivity contribution is -0.272. The molecule has 1 spiro atoms. The lowest BCUT2D eigenvalue weighted by Crippen LogP contribution is -2.50. The molecule has 5 fully saturated rings. The summed E-state index contributed by atoms with van der Waals surface area (Å²) in [6.45, 7) is 10.7. The summed E-state index contributed by atoms with van der Waals surface area (Å²) >= 11 is 0. The number of rotatable bonds is 13. The molecule has 0 aromatic heterocycles. The second-order valence-electron chi connectivity index (χ2n) is 18.9. The van der Waals surface area contributed by atoms with Gasteiger partial charge in [0.2, 0.25) is 0 Å². The van der Waals surface area contributed by atoms with Crippen molar-refractivity contribution in [2.75, 3.05) is 6.61 Å². The topological polar surface area (TPSA) is 76.0 Å². The molecular weight excluding hydrogens is 620 g/mol. The summed E-state index contributed by atoms with van der Waals surface area (Å²) in [6.07, 6.45) is 35.5. The fraction of sp³-hybridized carbons (Fsp3) is 0.889. The Hall–Kier alpha value is -1.17. The van der Waals surface area contributed by atoms with Gasteiger partial charge in [-0.15, -0.1) is 0 Å². The molecule has 0 aromatic rings. The minimum absolute atomic E-state index is 0.0661. The quantitative estimate of drug-likeness (QED) is 0.148. The van der Waals surface area contributed by atoms with E-state index in [2.05, 4.69) is 45.9 Å². The summed E-state index contributed by atoms with van der Waals surface area (Å²) < 4.78 is 13.3. The van der Waals surface area contributed by atoms with Crippen molar-refractivity contribution in [3.8, 4) is 0 Å². The zero-order valence-corrected chi connectivity index (χ0v) is 32.5. The number of aliphatic hydroxyl groups excluding tert-OH is 1. The largest absolute Gasteiger partial charge is 0.481 e. The molecule has 3 saturated carbocycles. The first-order valence-corrected chi connectivity index (χ1v) is 21.6. The van der Waals surface area contributed by atoms with E-state index in [0.717, 1.165) is 56.5 Å². The Morgan fingerprint density at radius 2 is 1.60 bits per heavy atom. The van der Waals surface area contributed by atoms with Gasteiger partial charge in [0.05, 0.1) is 18.8 Å². The number of allylic oxidation sites excluding steroid dienone is 4. The molecule has 7 rings (SSSR count). The summed E-state index contributed by atoms with van der Waals surface area (Å²) in [5.74, 6) is 3.92. The standard InChI is InChI=1S/C27H42O3.C18H32O2/c1-16-7-12-27(29-15-16)17(2)24-23(30-27)14-22-20-6-5-18-13-19(28)8-10-25(18,3)21(20)9-11-26(22,24)4;19-18(20)16-10-8-6-4-2-1-3-5-7-9-13-17-14-11-12-15-17/h9,16-20,22-24,28H,5-8,10-15H2,1-4H3;11,14,17H,1-10,12-13,15-16H2,(H,19,20). The van der Waals surface area contributed by atoms with Crippen LogP contribution in [-0.4, -0.2) is 40.8 Å². The third-order valence-electron chi connectivity index (χ3n) is 15.6. The van der Waals surface area contributed by atoms with Crippen molar-refractivity contribution in [3.05, 3.63) is 23.8 Å². The fourth-order valence-corrected chi connectivity index (χ4v) is 12.6. The van der Waals surface area contributed by atoms with Crippen LogP contribution in [0.2, 0.25) is 0 Å².